The molecule has 5 heteroatoms. The topological polar surface area (TPSA) is 55.8 Å². The molecule has 0 saturated heterocycles. The van der Waals surface area contributed by atoms with Crippen molar-refractivity contribution >= 4 is 11.9 Å². The minimum absolute atomic E-state index is 0.256. The number of carbonyl (C=O) groups excluding carboxylic acids is 2. The van der Waals surface area contributed by atoms with Gasteiger partial charge in [0.15, 0.2) is 0 Å². The molecule has 0 aromatic heterocycles. The van der Waals surface area contributed by atoms with Gasteiger partial charge in [-0.2, -0.15) is 0 Å². The van der Waals surface area contributed by atoms with Gasteiger partial charge in [-0.1, -0.05) is 39.7 Å². The Labute approximate surface area is 134 Å². The van der Waals surface area contributed by atoms with E-state index in [0.717, 1.165) is 19.6 Å². The molecular weight excluding hydrogens is 282 g/mol. The Hall–Kier alpha value is -1.88. The maximum Gasteiger partial charge on any atom is 0.333 e. The van der Waals surface area contributed by atoms with Gasteiger partial charge in [0.2, 0.25) is 0 Å². The van der Waals surface area contributed by atoms with Crippen LogP contribution in [0.15, 0.2) is 37.0 Å². The van der Waals surface area contributed by atoms with Crippen LogP contribution in [-0.4, -0.2) is 49.7 Å². The van der Waals surface area contributed by atoms with Gasteiger partial charge in [0.1, 0.15) is 13.2 Å². The van der Waals surface area contributed by atoms with Crippen molar-refractivity contribution in [2.45, 2.75) is 27.7 Å². The first-order chi connectivity index (χ1) is 10.3. The summed E-state index contributed by atoms with van der Waals surface area (Å²) >= 11 is 0. The van der Waals surface area contributed by atoms with Crippen molar-refractivity contribution in [3.8, 4) is 0 Å². The van der Waals surface area contributed by atoms with E-state index < -0.39 is 0 Å². The SMILES string of the molecule is C=C(C)C(=O)OCCN(CC)CC.C=CCOC(=O)C(=C)C. The lowest BCUT2D eigenvalue weighted by molar-refractivity contribution is -0.139. The van der Waals surface area contributed by atoms with Gasteiger partial charge in [0.05, 0.1) is 0 Å². The van der Waals surface area contributed by atoms with Gasteiger partial charge in [-0.05, 0) is 26.9 Å². The quantitative estimate of drug-likeness (QED) is 0.372. The van der Waals surface area contributed by atoms with E-state index in [1.54, 1.807) is 13.8 Å². The van der Waals surface area contributed by atoms with E-state index in [2.05, 4.69) is 43.2 Å². The van der Waals surface area contributed by atoms with Crippen LogP contribution in [0.2, 0.25) is 0 Å². The highest BCUT2D eigenvalue weighted by atomic mass is 16.5. The second kappa shape index (κ2) is 14.1. The second-order valence-electron chi connectivity index (χ2n) is 4.61. The zero-order chi connectivity index (χ0) is 17.5. The standard InChI is InChI=1S/C10H19NO2.C7H10O2/c1-5-11(6-2)7-8-13-10(12)9(3)4;1-4-5-9-7(8)6(2)3/h3,5-8H2,1-2,4H3;4H,1-2,5H2,3H3. The van der Waals surface area contributed by atoms with E-state index >= 15 is 0 Å². The van der Waals surface area contributed by atoms with E-state index in [-0.39, 0.29) is 18.5 Å². The molecule has 0 bridgehead atoms. The molecule has 0 amide bonds. The summed E-state index contributed by atoms with van der Waals surface area (Å²) in [5.74, 6) is -0.665. The summed E-state index contributed by atoms with van der Waals surface area (Å²) in [7, 11) is 0. The van der Waals surface area contributed by atoms with Gasteiger partial charge >= 0.3 is 11.9 Å². The van der Waals surface area contributed by atoms with Gasteiger partial charge in [0, 0.05) is 17.7 Å². The van der Waals surface area contributed by atoms with Crippen molar-refractivity contribution in [2.75, 3.05) is 32.8 Å². The van der Waals surface area contributed by atoms with Crippen LogP contribution in [0.4, 0.5) is 0 Å². The van der Waals surface area contributed by atoms with Crippen LogP contribution < -0.4 is 0 Å². The third-order valence-corrected chi connectivity index (χ3v) is 2.56. The number of esters is 2. The van der Waals surface area contributed by atoms with Crippen molar-refractivity contribution in [1.82, 2.24) is 4.90 Å². The number of ether oxygens (including phenoxy) is 2. The summed E-state index contributed by atoms with van der Waals surface area (Å²) in [6, 6.07) is 0. The molecule has 5 nitrogen and oxygen atoms in total. The fraction of sp³-hybridized carbons (Fsp3) is 0.529. The third kappa shape index (κ3) is 13.1. The average molecular weight is 311 g/mol. The molecule has 0 aliphatic rings. The van der Waals surface area contributed by atoms with Crippen LogP contribution in [0.5, 0.6) is 0 Å². The fourth-order valence-electron chi connectivity index (χ4n) is 1.19. The molecule has 0 saturated carbocycles. The summed E-state index contributed by atoms with van der Waals surface area (Å²) in [6.07, 6.45) is 1.51. The predicted octanol–water partition coefficient (Wildman–Crippen LogP) is 2.74. The summed E-state index contributed by atoms with van der Waals surface area (Å²) in [5.41, 5.74) is 0.872. The van der Waals surface area contributed by atoms with Crippen molar-refractivity contribution in [3.05, 3.63) is 37.0 Å². The van der Waals surface area contributed by atoms with Crippen molar-refractivity contribution in [1.29, 1.82) is 0 Å². The maximum absolute atomic E-state index is 11.0. The fourth-order valence-corrected chi connectivity index (χ4v) is 1.19. The lowest BCUT2D eigenvalue weighted by atomic mass is 10.4. The van der Waals surface area contributed by atoms with Crippen molar-refractivity contribution in [3.63, 3.8) is 0 Å². The lowest BCUT2D eigenvalue weighted by Gasteiger charge is -2.17. The Balaban J connectivity index is 0. The predicted molar refractivity (Wildman–Crippen MR) is 89.5 cm³/mol. The van der Waals surface area contributed by atoms with E-state index in [1.807, 2.05) is 0 Å². The van der Waals surface area contributed by atoms with E-state index in [4.69, 9.17) is 4.74 Å². The summed E-state index contributed by atoms with van der Waals surface area (Å²) in [5, 5.41) is 0. The Morgan fingerprint density at radius 1 is 1.00 bits per heavy atom. The van der Waals surface area contributed by atoms with E-state index in [1.165, 1.54) is 6.08 Å². The Bertz CT molecular complexity index is 384. The van der Waals surface area contributed by atoms with Crippen LogP contribution >= 0.6 is 0 Å². The smallest absolute Gasteiger partial charge is 0.333 e. The third-order valence-electron chi connectivity index (χ3n) is 2.56. The molecule has 22 heavy (non-hydrogen) atoms. The first-order valence-corrected chi connectivity index (χ1v) is 7.28. The molecule has 0 aliphatic carbocycles. The highest BCUT2D eigenvalue weighted by Crippen LogP contribution is 1.93. The highest BCUT2D eigenvalue weighted by Gasteiger charge is 2.04. The van der Waals surface area contributed by atoms with Crippen LogP contribution in [-0.2, 0) is 19.1 Å². The Kier molecular flexibility index (Phi) is 14.3. The number of rotatable bonds is 9. The molecule has 0 aromatic carbocycles. The summed E-state index contributed by atoms with van der Waals surface area (Å²) in [6.45, 7) is 21.2. The van der Waals surface area contributed by atoms with Crippen LogP contribution in [0, 0.1) is 0 Å². The molecule has 0 fully saturated rings. The molecular formula is C17H29NO4. The van der Waals surface area contributed by atoms with Crippen LogP contribution in [0.1, 0.15) is 27.7 Å². The second-order valence-corrected chi connectivity index (χ2v) is 4.61. The average Bonchev–Trinajstić information content (AvgIpc) is 2.49. The molecule has 0 atom stereocenters. The minimum atomic E-state index is -0.366. The first kappa shape index (κ1) is 22.4. The van der Waals surface area contributed by atoms with Gasteiger partial charge in [0.25, 0.3) is 0 Å². The zero-order valence-electron chi connectivity index (χ0n) is 14.3. The number of nitrogens with zero attached hydrogens (tertiary/aromatic N) is 1. The lowest BCUT2D eigenvalue weighted by Crippen LogP contribution is -2.27. The van der Waals surface area contributed by atoms with Gasteiger partial charge in [-0.15, -0.1) is 0 Å². The van der Waals surface area contributed by atoms with Crippen molar-refractivity contribution < 1.29 is 19.1 Å². The molecule has 126 valence electrons. The molecule has 0 radical (unpaired) electrons. The molecule has 0 rings (SSSR count). The molecule has 0 heterocycles. The monoisotopic (exact) mass is 311 g/mol. The minimum Gasteiger partial charge on any atom is -0.461 e. The van der Waals surface area contributed by atoms with Gasteiger partial charge in [-0.25, -0.2) is 9.59 Å². The molecule has 0 N–H and O–H groups in total. The number of hydrogen-bond acceptors (Lipinski definition) is 5. The normalized spacial score (nSPS) is 9.32. The number of likely N-dealkylation sites (N-methyl/N-ethyl adjacent to an activating group) is 1. The highest BCUT2D eigenvalue weighted by molar-refractivity contribution is 5.87. The Morgan fingerprint density at radius 3 is 1.82 bits per heavy atom. The van der Waals surface area contributed by atoms with Gasteiger partial charge in [-0.3, -0.25) is 0 Å². The molecule has 0 aromatic rings. The zero-order valence-corrected chi connectivity index (χ0v) is 14.3. The van der Waals surface area contributed by atoms with Crippen molar-refractivity contribution in [2.24, 2.45) is 0 Å². The van der Waals surface area contributed by atoms with E-state index in [0.29, 0.717) is 17.8 Å². The molecule has 0 spiro atoms. The van der Waals surface area contributed by atoms with Crippen LogP contribution in [0.3, 0.4) is 0 Å². The summed E-state index contributed by atoms with van der Waals surface area (Å²) in [4.78, 5) is 23.7. The van der Waals surface area contributed by atoms with Gasteiger partial charge < -0.3 is 14.4 Å². The molecule has 0 aliphatic heterocycles. The summed E-state index contributed by atoms with van der Waals surface area (Å²) < 4.78 is 9.55. The molecule has 0 unspecified atom stereocenters. The Morgan fingerprint density at radius 2 is 1.45 bits per heavy atom. The number of hydrogen-bond donors (Lipinski definition) is 0. The maximum atomic E-state index is 11.0. The van der Waals surface area contributed by atoms with Crippen LogP contribution in [0.25, 0.3) is 0 Å². The van der Waals surface area contributed by atoms with E-state index in [9.17, 15) is 9.59 Å². The number of carbonyl (C=O) groups is 2. The first-order valence-electron chi connectivity index (χ1n) is 7.28. The largest absolute Gasteiger partial charge is 0.461 e.